The predicted octanol–water partition coefficient (Wildman–Crippen LogP) is 1.98. The second-order valence-electron chi connectivity index (χ2n) is 4.40. The third kappa shape index (κ3) is 2.18. The molecular weight excluding hydrogens is 219 g/mol. The van der Waals surface area contributed by atoms with Gasteiger partial charge in [0.25, 0.3) is 0 Å². The first kappa shape index (κ1) is 10.7. The van der Waals surface area contributed by atoms with Gasteiger partial charge in [-0.2, -0.15) is 0 Å². The molecule has 0 spiro atoms. The monoisotopic (exact) mass is 234 g/mol. The number of piperazine rings is 1. The molecule has 0 radical (unpaired) electrons. The molecule has 0 atom stereocenters. The van der Waals surface area contributed by atoms with Crippen LogP contribution in [0.2, 0.25) is 0 Å². The van der Waals surface area contributed by atoms with Crippen molar-refractivity contribution in [3.8, 4) is 0 Å². The molecule has 17 heavy (non-hydrogen) atoms. The first-order chi connectivity index (χ1) is 8.33. The summed E-state index contributed by atoms with van der Waals surface area (Å²) in [6.45, 7) is 4.80. The van der Waals surface area contributed by atoms with Gasteiger partial charge in [-0.1, -0.05) is 12.1 Å². The van der Waals surface area contributed by atoms with Gasteiger partial charge in [0.1, 0.15) is 5.76 Å². The molecule has 1 N–H and O–H groups in total. The van der Waals surface area contributed by atoms with Crippen molar-refractivity contribution < 1.29 is 8.81 Å². The minimum atomic E-state index is -0.283. The van der Waals surface area contributed by atoms with Crippen LogP contribution in [0.15, 0.2) is 28.7 Å². The zero-order valence-corrected chi connectivity index (χ0v) is 9.58. The molecule has 1 aromatic heterocycles. The Hall–Kier alpha value is -1.39. The SMILES string of the molecule is Fc1cccc2cc(CN3CCNCC3)oc12. The van der Waals surface area contributed by atoms with Gasteiger partial charge in [0, 0.05) is 31.6 Å². The van der Waals surface area contributed by atoms with Crippen LogP contribution in [0.4, 0.5) is 4.39 Å². The summed E-state index contributed by atoms with van der Waals surface area (Å²) >= 11 is 0. The van der Waals surface area contributed by atoms with Gasteiger partial charge in [-0.05, 0) is 12.1 Å². The van der Waals surface area contributed by atoms with Crippen LogP contribution >= 0.6 is 0 Å². The van der Waals surface area contributed by atoms with Gasteiger partial charge in [-0.3, -0.25) is 4.90 Å². The molecule has 1 aliphatic heterocycles. The standard InChI is InChI=1S/C13H15FN2O/c14-12-3-1-2-10-8-11(17-13(10)12)9-16-6-4-15-5-7-16/h1-3,8,15H,4-7,9H2. The lowest BCUT2D eigenvalue weighted by molar-refractivity contribution is 0.218. The molecule has 1 aliphatic rings. The van der Waals surface area contributed by atoms with Crippen LogP contribution in [0.1, 0.15) is 5.76 Å². The number of benzene rings is 1. The number of rotatable bonds is 2. The van der Waals surface area contributed by atoms with Crippen molar-refractivity contribution >= 4 is 11.0 Å². The Bertz CT molecular complexity index is 517. The van der Waals surface area contributed by atoms with Crippen molar-refractivity contribution in [2.45, 2.75) is 6.54 Å². The Morgan fingerprint density at radius 3 is 2.88 bits per heavy atom. The third-order valence-corrected chi connectivity index (χ3v) is 3.14. The van der Waals surface area contributed by atoms with E-state index in [9.17, 15) is 4.39 Å². The summed E-state index contributed by atoms with van der Waals surface area (Å²) < 4.78 is 19.0. The minimum absolute atomic E-state index is 0.283. The highest BCUT2D eigenvalue weighted by molar-refractivity contribution is 5.78. The quantitative estimate of drug-likeness (QED) is 0.861. The van der Waals surface area contributed by atoms with E-state index in [1.165, 1.54) is 6.07 Å². The van der Waals surface area contributed by atoms with E-state index in [0.717, 1.165) is 43.9 Å². The number of hydrogen-bond donors (Lipinski definition) is 1. The lowest BCUT2D eigenvalue weighted by Gasteiger charge is -2.26. The van der Waals surface area contributed by atoms with Crippen molar-refractivity contribution in [2.75, 3.05) is 26.2 Å². The molecule has 4 heteroatoms. The van der Waals surface area contributed by atoms with Crippen molar-refractivity contribution in [2.24, 2.45) is 0 Å². The highest BCUT2D eigenvalue weighted by atomic mass is 19.1. The third-order valence-electron chi connectivity index (χ3n) is 3.14. The molecule has 0 saturated carbocycles. The molecule has 1 saturated heterocycles. The van der Waals surface area contributed by atoms with Crippen LogP contribution in [0.25, 0.3) is 11.0 Å². The van der Waals surface area contributed by atoms with Crippen molar-refractivity contribution in [1.82, 2.24) is 10.2 Å². The molecule has 3 rings (SSSR count). The van der Waals surface area contributed by atoms with Gasteiger partial charge in [0.2, 0.25) is 0 Å². The lowest BCUT2D eigenvalue weighted by Crippen LogP contribution is -2.42. The maximum Gasteiger partial charge on any atom is 0.169 e. The fourth-order valence-electron chi connectivity index (χ4n) is 2.25. The van der Waals surface area contributed by atoms with E-state index in [4.69, 9.17) is 4.42 Å². The Morgan fingerprint density at radius 2 is 2.12 bits per heavy atom. The number of furan rings is 1. The zero-order valence-electron chi connectivity index (χ0n) is 9.58. The van der Waals surface area contributed by atoms with E-state index in [1.807, 2.05) is 12.1 Å². The summed E-state index contributed by atoms with van der Waals surface area (Å²) in [5.41, 5.74) is 0.373. The molecule has 0 amide bonds. The van der Waals surface area contributed by atoms with Crippen LogP contribution in [0.3, 0.4) is 0 Å². The number of nitrogens with one attached hydrogen (secondary N) is 1. The Balaban J connectivity index is 1.83. The summed E-state index contributed by atoms with van der Waals surface area (Å²) in [6, 6.07) is 6.95. The van der Waals surface area contributed by atoms with Gasteiger partial charge in [0.05, 0.1) is 6.54 Å². The molecule has 2 heterocycles. The molecule has 1 aromatic carbocycles. The van der Waals surface area contributed by atoms with Gasteiger partial charge >= 0.3 is 0 Å². The second kappa shape index (κ2) is 4.47. The molecule has 0 bridgehead atoms. The molecular formula is C13H15FN2O. The van der Waals surface area contributed by atoms with Crippen molar-refractivity contribution in [1.29, 1.82) is 0 Å². The normalized spacial score (nSPS) is 17.7. The highest BCUT2D eigenvalue weighted by Crippen LogP contribution is 2.22. The fraction of sp³-hybridized carbons (Fsp3) is 0.385. The lowest BCUT2D eigenvalue weighted by atomic mass is 10.2. The van der Waals surface area contributed by atoms with E-state index < -0.39 is 0 Å². The average molecular weight is 234 g/mol. The Labute approximate surface area is 99.2 Å². The molecule has 1 fully saturated rings. The van der Waals surface area contributed by atoms with Crippen LogP contribution in [0.5, 0.6) is 0 Å². The van der Waals surface area contributed by atoms with Crippen LogP contribution in [-0.4, -0.2) is 31.1 Å². The largest absolute Gasteiger partial charge is 0.457 e. The predicted molar refractivity (Wildman–Crippen MR) is 64.3 cm³/mol. The van der Waals surface area contributed by atoms with Gasteiger partial charge in [0.15, 0.2) is 11.4 Å². The zero-order chi connectivity index (χ0) is 11.7. The Morgan fingerprint density at radius 1 is 1.29 bits per heavy atom. The summed E-state index contributed by atoms with van der Waals surface area (Å²) in [5, 5.41) is 4.15. The first-order valence-corrected chi connectivity index (χ1v) is 5.93. The highest BCUT2D eigenvalue weighted by Gasteiger charge is 2.13. The van der Waals surface area contributed by atoms with Gasteiger partial charge < -0.3 is 9.73 Å². The van der Waals surface area contributed by atoms with E-state index in [-0.39, 0.29) is 5.82 Å². The van der Waals surface area contributed by atoms with E-state index in [2.05, 4.69) is 10.2 Å². The molecule has 0 aliphatic carbocycles. The number of para-hydroxylation sites is 1. The number of hydrogen-bond acceptors (Lipinski definition) is 3. The Kier molecular flexibility index (Phi) is 2.82. The summed E-state index contributed by atoms with van der Waals surface area (Å²) in [4.78, 5) is 2.31. The molecule has 90 valence electrons. The molecule has 0 unspecified atom stereocenters. The second-order valence-corrected chi connectivity index (χ2v) is 4.40. The first-order valence-electron chi connectivity index (χ1n) is 5.93. The topological polar surface area (TPSA) is 28.4 Å². The van der Waals surface area contributed by atoms with Crippen LogP contribution in [-0.2, 0) is 6.54 Å². The summed E-state index contributed by atoms with van der Waals surface area (Å²) in [6.07, 6.45) is 0. The number of nitrogens with zero attached hydrogens (tertiary/aromatic N) is 1. The van der Waals surface area contributed by atoms with E-state index in [0.29, 0.717) is 5.58 Å². The average Bonchev–Trinajstić information content (AvgIpc) is 2.74. The van der Waals surface area contributed by atoms with Gasteiger partial charge in [-0.15, -0.1) is 0 Å². The number of fused-ring (bicyclic) bond motifs is 1. The summed E-state index contributed by atoms with van der Waals surface area (Å²) in [7, 11) is 0. The fourth-order valence-corrected chi connectivity index (χ4v) is 2.25. The summed E-state index contributed by atoms with van der Waals surface area (Å²) in [5.74, 6) is 0.557. The van der Waals surface area contributed by atoms with Crippen molar-refractivity contribution in [3.63, 3.8) is 0 Å². The van der Waals surface area contributed by atoms with Gasteiger partial charge in [-0.25, -0.2) is 4.39 Å². The minimum Gasteiger partial charge on any atom is -0.457 e. The smallest absolute Gasteiger partial charge is 0.169 e. The maximum absolute atomic E-state index is 13.5. The van der Waals surface area contributed by atoms with E-state index in [1.54, 1.807) is 6.07 Å². The van der Waals surface area contributed by atoms with E-state index >= 15 is 0 Å². The van der Waals surface area contributed by atoms with Crippen molar-refractivity contribution in [3.05, 3.63) is 35.8 Å². The molecule has 3 nitrogen and oxygen atoms in total. The van der Waals surface area contributed by atoms with Crippen LogP contribution < -0.4 is 5.32 Å². The molecule has 2 aromatic rings. The van der Waals surface area contributed by atoms with Crippen LogP contribution in [0, 0.1) is 5.82 Å². The maximum atomic E-state index is 13.5. The number of halogens is 1.